The fourth-order valence-electron chi connectivity index (χ4n) is 0.801. The molecule has 0 atom stereocenters. The number of hydrogen-bond acceptors (Lipinski definition) is 0. The molecule has 0 aliphatic carbocycles. The molecule has 0 amide bonds. The molecule has 0 saturated heterocycles. The fourth-order valence-corrected chi connectivity index (χ4v) is 0.801. The molecule has 0 aromatic rings. The Labute approximate surface area is 80.2 Å². The Morgan fingerprint density at radius 3 is 2.38 bits per heavy atom. The van der Waals surface area contributed by atoms with Gasteiger partial charge in [0.25, 0.3) is 0 Å². The summed E-state index contributed by atoms with van der Waals surface area (Å²) in [7, 11) is 0. The Morgan fingerprint density at radius 1 is 1.38 bits per heavy atom. The van der Waals surface area contributed by atoms with Gasteiger partial charge in [-0.3, -0.25) is 0 Å². The molecule has 72 valence electrons. The van der Waals surface area contributed by atoms with Gasteiger partial charge >= 0.3 is 0 Å². The Bertz CT molecular complexity index is 254. The Hall–Kier alpha value is -1.11. The van der Waals surface area contributed by atoms with Gasteiger partial charge in [-0.25, -0.2) is 4.39 Å². The highest BCUT2D eigenvalue weighted by Crippen LogP contribution is 2.08. The van der Waals surface area contributed by atoms with Crippen LogP contribution < -0.4 is 0 Å². The quantitative estimate of drug-likeness (QED) is 0.565. The molecule has 0 N–H and O–H groups in total. The molecule has 0 saturated carbocycles. The summed E-state index contributed by atoms with van der Waals surface area (Å²) in [6.07, 6.45) is 8.09. The van der Waals surface area contributed by atoms with E-state index in [1.165, 1.54) is 11.6 Å². The molecule has 0 bridgehead atoms. The van der Waals surface area contributed by atoms with E-state index in [0.29, 0.717) is 0 Å². The van der Waals surface area contributed by atoms with Crippen LogP contribution in [0.2, 0.25) is 0 Å². The summed E-state index contributed by atoms with van der Waals surface area (Å²) in [5, 5.41) is 0. The van der Waals surface area contributed by atoms with Crippen molar-refractivity contribution in [1.29, 1.82) is 0 Å². The molecule has 0 rings (SSSR count). The second-order valence-corrected chi connectivity index (χ2v) is 2.91. The summed E-state index contributed by atoms with van der Waals surface area (Å²) < 4.78 is 12.3. The van der Waals surface area contributed by atoms with Gasteiger partial charge in [0.05, 0.1) is 0 Å². The van der Waals surface area contributed by atoms with Gasteiger partial charge in [-0.1, -0.05) is 37.3 Å². The minimum absolute atomic E-state index is 0.415. The van der Waals surface area contributed by atoms with Crippen molar-refractivity contribution in [1.82, 2.24) is 0 Å². The van der Waals surface area contributed by atoms with Crippen molar-refractivity contribution in [2.75, 3.05) is 0 Å². The predicted molar refractivity (Wildman–Crippen MR) is 57.2 cm³/mol. The first kappa shape index (κ1) is 11.9. The second kappa shape index (κ2) is 6.41. The largest absolute Gasteiger partial charge is 0.208 e. The molecule has 0 aromatic heterocycles. The molecular weight excluding hydrogens is 163 g/mol. The summed E-state index contributed by atoms with van der Waals surface area (Å²) in [6, 6.07) is 0. The standard InChI is InChI=1S/C12H17F/c1-5-10(3)9-12(6-2)8-7-11(4)13/h6-9H,4-5H2,1-3H3/b8-7-,10-9+,12-6+. The van der Waals surface area contributed by atoms with E-state index >= 15 is 0 Å². The van der Waals surface area contributed by atoms with Crippen molar-refractivity contribution < 1.29 is 4.39 Å². The summed E-state index contributed by atoms with van der Waals surface area (Å²) in [4.78, 5) is 0. The number of rotatable bonds is 4. The van der Waals surface area contributed by atoms with Gasteiger partial charge in [0.2, 0.25) is 0 Å². The van der Waals surface area contributed by atoms with Crippen molar-refractivity contribution >= 4 is 0 Å². The van der Waals surface area contributed by atoms with Gasteiger partial charge in [0.15, 0.2) is 0 Å². The highest BCUT2D eigenvalue weighted by atomic mass is 19.1. The summed E-state index contributed by atoms with van der Waals surface area (Å²) in [6.45, 7) is 9.24. The van der Waals surface area contributed by atoms with E-state index in [9.17, 15) is 4.39 Å². The van der Waals surface area contributed by atoms with Crippen molar-refractivity contribution in [3.63, 3.8) is 0 Å². The van der Waals surface area contributed by atoms with Gasteiger partial charge in [-0.2, -0.15) is 0 Å². The minimum atomic E-state index is -0.415. The van der Waals surface area contributed by atoms with Crippen molar-refractivity contribution in [2.24, 2.45) is 0 Å². The first-order chi connectivity index (χ1) is 6.10. The zero-order valence-corrected chi connectivity index (χ0v) is 8.60. The fraction of sp³-hybridized carbons (Fsp3) is 0.333. The average molecular weight is 180 g/mol. The Morgan fingerprint density at radius 2 is 2.00 bits per heavy atom. The van der Waals surface area contributed by atoms with Crippen LogP contribution in [0.25, 0.3) is 0 Å². The van der Waals surface area contributed by atoms with Gasteiger partial charge in [0, 0.05) is 0 Å². The van der Waals surface area contributed by atoms with E-state index in [1.54, 1.807) is 6.08 Å². The lowest BCUT2D eigenvalue weighted by Gasteiger charge is -1.96. The number of hydrogen-bond donors (Lipinski definition) is 0. The van der Waals surface area contributed by atoms with Crippen LogP contribution in [0.1, 0.15) is 27.2 Å². The van der Waals surface area contributed by atoms with E-state index in [2.05, 4.69) is 20.4 Å². The van der Waals surface area contributed by atoms with E-state index in [0.717, 1.165) is 12.0 Å². The third-order valence-electron chi connectivity index (χ3n) is 1.76. The second-order valence-electron chi connectivity index (χ2n) is 2.91. The topological polar surface area (TPSA) is 0 Å². The first-order valence-corrected chi connectivity index (χ1v) is 4.46. The van der Waals surface area contributed by atoms with Crippen LogP contribution in [0.3, 0.4) is 0 Å². The molecule has 0 aliphatic heterocycles. The monoisotopic (exact) mass is 180 g/mol. The summed E-state index contributed by atoms with van der Waals surface area (Å²) in [5.74, 6) is -0.415. The Kier molecular flexibility index (Phi) is 5.86. The molecule has 0 unspecified atom stereocenters. The van der Waals surface area contributed by atoms with E-state index < -0.39 is 5.83 Å². The average Bonchev–Trinajstić information content (AvgIpc) is 2.11. The van der Waals surface area contributed by atoms with Crippen LogP contribution in [0.15, 0.2) is 47.9 Å². The molecule has 0 radical (unpaired) electrons. The maximum Gasteiger partial charge on any atom is 0.116 e. The van der Waals surface area contributed by atoms with Crippen LogP contribution in [0, 0.1) is 0 Å². The molecular formula is C12H17F. The van der Waals surface area contributed by atoms with E-state index in [-0.39, 0.29) is 0 Å². The minimum Gasteiger partial charge on any atom is -0.208 e. The molecule has 0 heterocycles. The van der Waals surface area contributed by atoms with Crippen LogP contribution >= 0.6 is 0 Å². The maximum atomic E-state index is 12.3. The summed E-state index contributed by atoms with van der Waals surface area (Å²) >= 11 is 0. The summed E-state index contributed by atoms with van der Waals surface area (Å²) in [5.41, 5.74) is 2.29. The lowest BCUT2D eigenvalue weighted by atomic mass is 10.1. The maximum absolute atomic E-state index is 12.3. The number of allylic oxidation sites excluding steroid dienone is 7. The highest BCUT2D eigenvalue weighted by Gasteiger charge is 1.88. The zero-order valence-electron chi connectivity index (χ0n) is 8.60. The van der Waals surface area contributed by atoms with Gasteiger partial charge in [-0.15, -0.1) is 0 Å². The highest BCUT2D eigenvalue weighted by molar-refractivity contribution is 5.34. The third-order valence-corrected chi connectivity index (χ3v) is 1.76. The molecule has 0 nitrogen and oxygen atoms in total. The molecule has 0 aliphatic rings. The van der Waals surface area contributed by atoms with Crippen molar-refractivity contribution in [3.05, 3.63) is 47.9 Å². The first-order valence-electron chi connectivity index (χ1n) is 4.46. The van der Waals surface area contributed by atoms with Gasteiger partial charge < -0.3 is 0 Å². The van der Waals surface area contributed by atoms with Gasteiger partial charge in [0.1, 0.15) is 5.83 Å². The molecule has 0 spiro atoms. The Balaban J connectivity index is 4.47. The molecule has 13 heavy (non-hydrogen) atoms. The normalized spacial score (nSPS) is 13.8. The lowest BCUT2D eigenvalue weighted by molar-refractivity contribution is 0.671. The van der Waals surface area contributed by atoms with E-state index in [4.69, 9.17) is 0 Å². The third kappa shape index (κ3) is 6.09. The van der Waals surface area contributed by atoms with Crippen molar-refractivity contribution in [2.45, 2.75) is 27.2 Å². The molecule has 0 aromatic carbocycles. The smallest absolute Gasteiger partial charge is 0.116 e. The van der Waals surface area contributed by atoms with E-state index in [1.807, 2.05) is 19.1 Å². The zero-order chi connectivity index (χ0) is 10.3. The lowest BCUT2D eigenvalue weighted by Crippen LogP contribution is -1.76. The SMILES string of the molecule is C=C(F)\C=C/C(=C\C)/C=C(\C)CC. The van der Waals surface area contributed by atoms with Crippen molar-refractivity contribution in [3.8, 4) is 0 Å². The molecule has 1 heteroatoms. The predicted octanol–water partition coefficient (Wildman–Crippen LogP) is 4.33. The van der Waals surface area contributed by atoms with Crippen LogP contribution in [0.4, 0.5) is 4.39 Å². The van der Waals surface area contributed by atoms with Crippen LogP contribution in [-0.4, -0.2) is 0 Å². The number of halogens is 1. The van der Waals surface area contributed by atoms with Crippen LogP contribution in [-0.2, 0) is 0 Å². The molecule has 0 fully saturated rings. The van der Waals surface area contributed by atoms with Gasteiger partial charge in [-0.05, 0) is 31.9 Å². The van der Waals surface area contributed by atoms with Crippen LogP contribution in [0.5, 0.6) is 0 Å².